The highest BCUT2D eigenvalue weighted by Crippen LogP contribution is 2.26. The Bertz CT molecular complexity index is 66.6. The zero-order chi connectivity index (χ0) is 6.53. The molecule has 0 aliphatic heterocycles. The molecule has 0 nitrogen and oxygen atoms in total. The Hall–Kier alpha value is 0.355. The van der Waals surface area contributed by atoms with Crippen LogP contribution in [0.3, 0.4) is 0 Å². The van der Waals surface area contributed by atoms with E-state index in [2.05, 4.69) is 0 Å². The largest absolute Gasteiger partial charge is 0.238 e. The number of halogens is 1. The lowest BCUT2D eigenvalue weighted by atomic mass is 9.80. The molecule has 1 rings (SSSR count). The van der Waals surface area contributed by atoms with Crippen molar-refractivity contribution in [1.29, 1.82) is 0 Å². The maximum atomic E-state index is 5.51. The maximum absolute atomic E-state index is 5.51. The first-order valence-electron chi connectivity index (χ1n) is 3.85. The SMILES string of the molecule is Cl[B]CC1CCCCC1. The van der Waals surface area contributed by atoms with Crippen molar-refractivity contribution >= 4 is 18.2 Å². The Morgan fingerprint density at radius 1 is 1.22 bits per heavy atom. The highest BCUT2D eigenvalue weighted by atomic mass is 35.5. The van der Waals surface area contributed by atoms with Gasteiger partial charge in [0.15, 0.2) is 0 Å². The van der Waals surface area contributed by atoms with E-state index >= 15 is 0 Å². The van der Waals surface area contributed by atoms with Gasteiger partial charge in [0.25, 0.3) is 0 Å². The summed E-state index contributed by atoms with van der Waals surface area (Å²) in [6.07, 6.45) is 8.23. The Kier molecular flexibility index (Phi) is 3.49. The molecule has 1 radical (unpaired) electrons. The summed E-state index contributed by atoms with van der Waals surface area (Å²) in [5, 5.41) is 0. The minimum absolute atomic E-state index is 0.913. The van der Waals surface area contributed by atoms with Crippen molar-refractivity contribution in [3.63, 3.8) is 0 Å². The van der Waals surface area contributed by atoms with Gasteiger partial charge >= 0.3 is 0 Å². The van der Waals surface area contributed by atoms with Crippen LogP contribution >= 0.6 is 11.5 Å². The van der Waals surface area contributed by atoms with E-state index in [-0.39, 0.29) is 0 Å². The molecule has 1 aliphatic rings. The Balaban J connectivity index is 2.08. The molecule has 51 valence electrons. The molecule has 0 bridgehead atoms. The quantitative estimate of drug-likeness (QED) is 0.522. The zero-order valence-electron chi connectivity index (χ0n) is 5.78. The van der Waals surface area contributed by atoms with Crippen LogP contribution < -0.4 is 0 Å². The summed E-state index contributed by atoms with van der Waals surface area (Å²) in [5.41, 5.74) is 0. The molecule has 0 saturated heterocycles. The molecule has 0 heterocycles. The molecule has 0 aromatic heterocycles. The highest BCUT2D eigenvalue weighted by molar-refractivity contribution is 6.93. The first-order chi connectivity index (χ1) is 4.43. The molecular weight excluding hydrogens is 130 g/mol. The van der Waals surface area contributed by atoms with Gasteiger partial charge in [0, 0.05) is 0 Å². The molecule has 0 N–H and O–H groups in total. The van der Waals surface area contributed by atoms with E-state index in [0.29, 0.717) is 0 Å². The van der Waals surface area contributed by atoms with Gasteiger partial charge in [0.05, 0.1) is 0 Å². The van der Waals surface area contributed by atoms with Gasteiger partial charge in [0.2, 0.25) is 6.69 Å². The van der Waals surface area contributed by atoms with Gasteiger partial charge < -0.3 is 0 Å². The van der Waals surface area contributed by atoms with Gasteiger partial charge in [-0.05, 0) is 5.92 Å². The van der Waals surface area contributed by atoms with Gasteiger partial charge in [-0.25, -0.2) is 11.5 Å². The minimum atomic E-state index is 0.913. The second-order valence-corrected chi connectivity index (χ2v) is 3.20. The third-order valence-electron chi connectivity index (χ3n) is 2.15. The van der Waals surface area contributed by atoms with E-state index < -0.39 is 0 Å². The predicted molar refractivity (Wildman–Crippen MR) is 43.0 cm³/mol. The van der Waals surface area contributed by atoms with Crippen LogP contribution in [0.5, 0.6) is 0 Å². The lowest BCUT2D eigenvalue weighted by Crippen LogP contribution is -2.06. The van der Waals surface area contributed by atoms with Crippen molar-refractivity contribution in [1.82, 2.24) is 0 Å². The molecule has 1 aliphatic carbocycles. The van der Waals surface area contributed by atoms with Gasteiger partial charge in [-0.15, -0.1) is 0 Å². The van der Waals surface area contributed by atoms with E-state index in [9.17, 15) is 0 Å². The molecule has 1 saturated carbocycles. The van der Waals surface area contributed by atoms with E-state index in [4.69, 9.17) is 11.5 Å². The fourth-order valence-electron chi connectivity index (χ4n) is 1.55. The van der Waals surface area contributed by atoms with Crippen molar-refractivity contribution in [2.45, 2.75) is 38.4 Å². The number of hydrogen-bond acceptors (Lipinski definition) is 0. The van der Waals surface area contributed by atoms with Gasteiger partial charge in [-0.2, -0.15) is 0 Å². The number of hydrogen-bond donors (Lipinski definition) is 0. The van der Waals surface area contributed by atoms with Crippen LogP contribution in [0, 0.1) is 5.92 Å². The molecule has 0 unspecified atom stereocenters. The van der Waals surface area contributed by atoms with Crippen LogP contribution in [0.2, 0.25) is 6.32 Å². The summed E-state index contributed by atoms with van der Waals surface area (Å²) in [7, 11) is 0. The molecule has 2 heteroatoms. The van der Waals surface area contributed by atoms with Gasteiger partial charge in [0.1, 0.15) is 0 Å². The lowest BCUT2D eigenvalue weighted by molar-refractivity contribution is 0.385. The summed E-state index contributed by atoms with van der Waals surface area (Å²) in [4.78, 5) is 0. The van der Waals surface area contributed by atoms with Gasteiger partial charge in [-0.3, -0.25) is 0 Å². The van der Waals surface area contributed by atoms with E-state index in [1.165, 1.54) is 32.1 Å². The normalized spacial score (nSPS) is 21.9. The fourth-order valence-corrected chi connectivity index (χ4v) is 1.80. The lowest BCUT2D eigenvalue weighted by Gasteiger charge is -2.19. The van der Waals surface area contributed by atoms with Crippen molar-refractivity contribution in [3.05, 3.63) is 0 Å². The average molecular weight is 143 g/mol. The molecule has 1 fully saturated rings. The summed E-state index contributed by atoms with van der Waals surface area (Å²) in [6.45, 7) is 1.79. The highest BCUT2D eigenvalue weighted by Gasteiger charge is 2.11. The Morgan fingerprint density at radius 3 is 2.44 bits per heavy atom. The predicted octanol–water partition coefficient (Wildman–Crippen LogP) is 2.84. The van der Waals surface area contributed by atoms with E-state index in [0.717, 1.165) is 12.2 Å². The first-order valence-corrected chi connectivity index (χ1v) is 4.29. The second-order valence-electron chi connectivity index (χ2n) is 2.89. The zero-order valence-corrected chi connectivity index (χ0v) is 6.53. The van der Waals surface area contributed by atoms with Crippen LogP contribution in [0.1, 0.15) is 32.1 Å². The monoisotopic (exact) mass is 143 g/mol. The third kappa shape index (κ3) is 2.62. The van der Waals surface area contributed by atoms with Crippen molar-refractivity contribution in [2.24, 2.45) is 5.92 Å². The third-order valence-corrected chi connectivity index (χ3v) is 2.33. The molecule has 0 spiro atoms. The molecule has 0 atom stereocenters. The van der Waals surface area contributed by atoms with Crippen molar-refractivity contribution in [2.75, 3.05) is 0 Å². The summed E-state index contributed by atoms with van der Waals surface area (Å²) in [5.74, 6) is 0.913. The smallest absolute Gasteiger partial charge is 0.204 e. The Labute approximate surface area is 63.1 Å². The Morgan fingerprint density at radius 2 is 1.89 bits per heavy atom. The summed E-state index contributed by atoms with van der Waals surface area (Å²) < 4.78 is 0. The molecule has 9 heavy (non-hydrogen) atoms. The van der Waals surface area contributed by atoms with Crippen molar-refractivity contribution < 1.29 is 0 Å². The molecule has 0 amide bonds. The van der Waals surface area contributed by atoms with Crippen LogP contribution in [-0.4, -0.2) is 6.69 Å². The standard InChI is InChI=1S/C7H13BCl/c9-8-6-7-4-2-1-3-5-7/h7H,1-6H2. The molecular formula is C7H13BCl. The topological polar surface area (TPSA) is 0 Å². The van der Waals surface area contributed by atoms with Crippen LogP contribution in [-0.2, 0) is 0 Å². The van der Waals surface area contributed by atoms with Crippen LogP contribution in [0.4, 0.5) is 0 Å². The number of rotatable bonds is 2. The minimum Gasteiger partial charge on any atom is -0.204 e. The maximum Gasteiger partial charge on any atom is 0.238 e. The average Bonchev–Trinajstić information content (AvgIpc) is 1.91. The van der Waals surface area contributed by atoms with E-state index in [1.807, 2.05) is 0 Å². The second kappa shape index (κ2) is 4.22. The molecule has 0 aromatic rings. The fraction of sp³-hybridized carbons (Fsp3) is 1.00. The molecule has 0 aromatic carbocycles. The van der Waals surface area contributed by atoms with E-state index in [1.54, 1.807) is 6.69 Å². The van der Waals surface area contributed by atoms with Crippen LogP contribution in [0.25, 0.3) is 0 Å². The first kappa shape index (κ1) is 7.46. The summed E-state index contributed by atoms with van der Waals surface area (Å²) >= 11 is 5.51. The summed E-state index contributed by atoms with van der Waals surface area (Å²) in [6, 6.07) is 0. The van der Waals surface area contributed by atoms with Crippen molar-refractivity contribution in [3.8, 4) is 0 Å². The van der Waals surface area contributed by atoms with Crippen LogP contribution in [0.15, 0.2) is 0 Å². The van der Waals surface area contributed by atoms with Gasteiger partial charge in [-0.1, -0.05) is 38.4 Å².